The van der Waals surface area contributed by atoms with Crippen LogP contribution in [0.15, 0.2) is 36.5 Å². The monoisotopic (exact) mass is 285 g/mol. The summed E-state index contributed by atoms with van der Waals surface area (Å²) in [7, 11) is 0. The van der Waals surface area contributed by atoms with Crippen LogP contribution >= 0.6 is 11.3 Å². The molecule has 0 fully saturated rings. The molecule has 4 nitrogen and oxygen atoms in total. The fraction of sp³-hybridized carbons (Fsp3) is 0.200. The van der Waals surface area contributed by atoms with Gasteiger partial charge in [0, 0.05) is 22.0 Å². The van der Waals surface area contributed by atoms with Crippen LogP contribution in [0.5, 0.6) is 0 Å². The highest BCUT2D eigenvalue weighted by molar-refractivity contribution is 7.11. The van der Waals surface area contributed by atoms with E-state index in [9.17, 15) is 4.79 Å². The molecule has 20 heavy (non-hydrogen) atoms. The number of hydrogen-bond donors (Lipinski definition) is 2. The van der Waals surface area contributed by atoms with Gasteiger partial charge >= 0.3 is 0 Å². The third-order valence-corrected chi connectivity index (χ3v) is 4.27. The number of aryl methyl sites for hydroxylation is 1. The van der Waals surface area contributed by atoms with Crippen molar-refractivity contribution in [1.29, 1.82) is 0 Å². The molecule has 5 heteroatoms. The molecule has 0 radical (unpaired) electrons. The van der Waals surface area contributed by atoms with Gasteiger partial charge in [-0.3, -0.25) is 4.79 Å². The number of aromatic nitrogens is 2. The van der Waals surface area contributed by atoms with Crippen molar-refractivity contribution in [2.75, 3.05) is 0 Å². The van der Waals surface area contributed by atoms with Gasteiger partial charge in [0.15, 0.2) is 0 Å². The molecule has 0 aliphatic carbocycles. The Labute approximate surface area is 120 Å². The molecular weight excluding hydrogens is 270 g/mol. The largest absolute Gasteiger partial charge is 0.351 e. The molecule has 102 valence electrons. The molecule has 2 N–H and O–H groups in total. The summed E-state index contributed by atoms with van der Waals surface area (Å²) >= 11 is 1.64. The molecule has 0 bridgehead atoms. The summed E-state index contributed by atoms with van der Waals surface area (Å²) in [6, 6.07) is 9.71. The molecule has 1 aromatic carbocycles. The highest BCUT2D eigenvalue weighted by Crippen LogP contribution is 2.15. The number of H-pyrrole nitrogens is 1. The van der Waals surface area contributed by atoms with Crippen molar-refractivity contribution in [3.05, 3.63) is 52.1 Å². The van der Waals surface area contributed by atoms with Crippen LogP contribution in [-0.4, -0.2) is 15.9 Å². The number of fused-ring (bicyclic) bond motifs is 1. The van der Waals surface area contributed by atoms with Gasteiger partial charge in [0.05, 0.1) is 6.54 Å². The summed E-state index contributed by atoms with van der Waals surface area (Å²) in [5, 5.41) is 4.87. The fourth-order valence-corrected chi connectivity index (χ4v) is 2.84. The summed E-state index contributed by atoms with van der Waals surface area (Å²) in [5.74, 6) is -0.102. The fourth-order valence-electron chi connectivity index (χ4n) is 2.04. The van der Waals surface area contributed by atoms with E-state index in [2.05, 4.69) is 22.2 Å². The van der Waals surface area contributed by atoms with Gasteiger partial charge in [0.2, 0.25) is 0 Å². The van der Waals surface area contributed by atoms with Gasteiger partial charge < -0.3 is 10.3 Å². The highest BCUT2D eigenvalue weighted by atomic mass is 32.1. The lowest BCUT2D eigenvalue weighted by atomic mass is 10.2. The van der Waals surface area contributed by atoms with E-state index in [0.717, 1.165) is 22.3 Å². The van der Waals surface area contributed by atoms with Crippen molar-refractivity contribution in [2.24, 2.45) is 0 Å². The maximum absolute atomic E-state index is 12.1. The highest BCUT2D eigenvalue weighted by Gasteiger charge is 2.09. The second kappa shape index (κ2) is 5.46. The number of nitrogens with one attached hydrogen (secondary N) is 2. The first kappa shape index (κ1) is 12.9. The van der Waals surface area contributed by atoms with E-state index < -0.39 is 0 Å². The number of nitrogens with zero attached hydrogens (tertiary/aromatic N) is 1. The van der Waals surface area contributed by atoms with E-state index >= 15 is 0 Å². The summed E-state index contributed by atoms with van der Waals surface area (Å²) in [6.07, 6.45) is 2.85. The van der Waals surface area contributed by atoms with Crippen LogP contribution in [-0.2, 0) is 13.0 Å². The van der Waals surface area contributed by atoms with Gasteiger partial charge in [0.25, 0.3) is 5.91 Å². The Hall–Kier alpha value is -2.14. The van der Waals surface area contributed by atoms with Crippen molar-refractivity contribution in [3.8, 4) is 0 Å². The number of carbonyl (C=O) groups excluding carboxylic acids is 1. The second-order valence-electron chi connectivity index (χ2n) is 4.53. The maximum atomic E-state index is 12.1. The third kappa shape index (κ3) is 2.58. The number of aromatic amines is 1. The van der Waals surface area contributed by atoms with Crippen LogP contribution in [0, 0.1) is 0 Å². The van der Waals surface area contributed by atoms with Crippen molar-refractivity contribution in [2.45, 2.75) is 19.9 Å². The molecular formula is C15H15N3OS. The Balaban J connectivity index is 1.69. The molecule has 0 saturated heterocycles. The molecule has 0 aliphatic heterocycles. The Kier molecular flexibility index (Phi) is 3.52. The van der Waals surface area contributed by atoms with Crippen LogP contribution in [0.25, 0.3) is 10.9 Å². The molecule has 3 rings (SSSR count). The summed E-state index contributed by atoms with van der Waals surface area (Å²) in [5.41, 5.74) is 1.55. The quantitative estimate of drug-likeness (QED) is 0.774. The number of para-hydroxylation sites is 1. The summed E-state index contributed by atoms with van der Waals surface area (Å²) < 4.78 is 0. The van der Waals surface area contributed by atoms with Gasteiger partial charge in [0.1, 0.15) is 10.7 Å². The zero-order valence-electron chi connectivity index (χ0n) is 11.1. The van der Waals surface area contributed by atoms with Gasteiger partial charge in [-0.2, -0.15) is 0 Å². The molecule has 2 aromatic heterocycles. The molecule has 0 spiro atoms. The summed E-state index contributed by atoms with van der Waals surface area (Å²) in [6.45, 7) is 2.57. The minimum absolute atomic E-state index is 0.102. The Morgan fingerprint density at radius 3 is 3.00 bits per heavy atom. The van der Waals surface area contributed by atoms with E-state index in [-0.39, 0.29) is 5.91 Å². The number of thiazole rings is 1. The molecule has 0 unspecified atom stereocenters. The van der Waals surface area contributed by atoms with Crippen LogP contribution in [0.4, 0.5) is 0 Å². The maximum Gasteiger partial charge on any atom is 0.268 e. The lowest BCUT2D eigenvalue weighted by Gasteiger charge is -2.00. The molecule has 0 aliphatic rings. The number of carbonyl (C=O) groups is 1. The molecule has 1 amide bonds. The van der Waals surface area contributed by atoms with E-state index in [1.165, 1.54) is 4.88 Å². The van der Waals surface area contributed by atoms with Crippen molar-refractivity contribution >= 4 is 28.1 Å². The SMILES string of the molecule is CCc1cnc(CNC(=O)c2cc3ccccc3[nH]2)s1. The zero-order chi connectivity index (χ0) is 13.9. The molecule has 0 atom stereocenters. The normalized spacial score (nSPS) is 10.8. The number of benzene rings is 1. The van der Waals surface area contributed by atoms with Crippen molar-refractivity contribution in [1.82, 2.24) is 15.3 Å². The minimum Gasteiger partial charge on any atom is -0.351 e. The van der Waals surface area contributed by atoms with Crippen LogP contribution in [0.3, 0.4) is 0 Å². The standard InChI is InChI=1S/C15H15N3OS/c1-2-11-8-16-14(20-11)9-17-15(19)13-7-10-5-3-4-6-12(10)18-13/h3-8,18H,2,9H2,1H3,(H,17,19). The third-order valence-electron chi connectivity index (χ3n) is 3.12. The van der Waals surface area contributed by atoms with Gasteiger partial charge in [-0.25, -0.2) is 4.98 Å². The lowest BCUT2D eigenvalue weighted by molar-refractivity contribution is 0.0946. The Morgan fingerprint density at radius 1 is 1.40 bits per heavy atom. The minimum atomic E-state index is -0.102. The molecule has 0 saturated carbocycles. The molecule has 3 aromatic rings. The molecule has 2 heterocycles. The lowest BCUT2D eigenvalue weighted by Crippen LogP contribution is -2.22. The first-order valence-corrected chi connectivity index (χ1v) is 7.37. The summed E-state index contributed by atoms with van der Waals surface area (Å²) in [4.78, 5) is 20.7. The first-order chi connectivity index (χ1) is 9.76. The average molecular weight is 285 g/mol. The van der Waals surface area contributed by atoms with Crippen molar-refractivity contribution < 1.29 is 4.79 Å². The van der Waals surface area contributed by atoms with Crippen LogP contribution < -0.4 is 5.32 Å². The van der Waals surface area contributed by atoms with E-state index in [0.29, 0.717) is 12.2 Å². The average Bonchev–Trinajstić information content (AvgIpc) is 3.10. The van der Waals surface area contributed by atoms with Gasteiger partial charge in [-0.1, -0.05) is 25.1 Å². The zero-order valence-corrected chi connectivity index (χ0v) is 12.0. The Bertz CT molecular complexity index is 711. The first-order valence-electron chi connectivity index (χ1n) is 6.56. The number of hydrogen-bond acceptors (Lipinski definition) is 3. The number of rotatable bonds is 4. The van der Waals surface area contributed by atoms with Gasteiger partial charge in [-0.05, 0) is 18.6 Å². The Morgan fingerprint density at radius 2 is 2.25 bits per heavy atom. The van der Waals surface area contributed by atoms with Gasteiger partial charge in [-0.15, -0.1) is 11.3 Å². The van der Waals surface area contributed by atoms with Crippen molar-refractivity contribution in [3.63, 3.8) is 0 Å². The van der Waals surface area contributed by atoms with E-state index in [1.54, 1.807) is 11.3 Å². The topological polar surface area (TPSA) is 57.8 Å². The predicted molar refractivity (Wildman–Crippen MR) is 81.0 cm³/mol. The second-order valence-corrected chi connectivity index (χ2v) is 5.73. The smallest absolute Gasteiger partial charge is 0.268 e. The van der Waals surface area contributed by atoms with Crippen LogP contribution in [0.2, 0.25) is 0 Å². The van der Waals surface area contributed by atoms with Crippen LogP contribution in [0.1, 0.15) is 27.3 Å². The van der Waals surface area contributed by atoms with E-state index in [1.807, 2.05) is 36.5 Å². The van der Waals surface area contributed by atoms with E-state index in [4.69, 9.17) is 0 Å². The number of amides is 1. The predicted octanol–water partition coefficient (Wildman–Crippen LogP) is 3.12.